The molecule has 31 heavy (non-hydrogen) atoms. The van der Waals surface area contributed by atoms with Gasteiger partial charge in [-0.2, -0.15) is 5.21 Å². The molecule has 4 aromatic rings. The topological polar surface area (TPSA) is 143 Å². The number of carboxylic acid groups (broad SMARTS) is 1. The zero-order valence-electron chi connectivity index (χ0n) is 16.7. The molecule has 158 valence electrons. The third-order valence-electron chi connectivity index (χ3n) is 4.56. The Hall–Kier alpha value is -4.21. The fraction of sp³-hybridized carbons (Fsp3) is 0.190. The van der Waals surface area contributed by atoms with Crippen molar-refractivity contribution in [2.45, 2.75) is 20.0 Å². The molecule has 10 nitrogen and oxygen atoms in total. The molecule has 2 aromatic heterocycles. The number of carbonyl (C=O) groups is 1. The molecule has 0 spiro atoms. The van der Waals surface area contributed by atoms with Gasteiger partial charge < -0.3 is 19.6 Å². The summed E-state index contributed by atoms with van der Waals surface area (Å²) in [6.07, 6.45) is -0.967. The van der Waals surface area contributed by atoms with Gasteiger partial charge >= 0.3 is 5.97 Å². The molecule has 2 heterocycles. The summed E-state index contributed by atoms with van der Waals surface area (Å²) in [5.74, 6) is 0.237. The number of aromatic amines is 2. The SMILES string of the molecule is CCOc1cc(-c2cccc(O[C@H](C)C(=O)O)c2)ccc1-c1nc2n[nH]nc2c(=O)[nH]1. The molecule has 10 heteroatoms. The van der Waals surface area contributed by atoms with Crippen molar-refractivity contribution in [1.82, 2.24) is 25.4 Å². The summed E-state index contributed by atoms with van der Waals surface area (Å²) in [5.41, 5.74) is 2.17. The Kier molecular flexibility index (Phi) is 5.35. The van der Waals surface area contributed by atoms with Crippen LogP contribution < -0.4 is 15.0 Å². The molecule has 0 unspecified atom stereocenters. The van der Waals surface area contributed by atoms with Gasteiger partial charge in [0.25, 0.3) is 5.56 Å². The van der Waals surface area contributed by atoms with Crippen molar-refractivity contribution in [3.63, 3.8) is 0 Å². The highest BCUT2D eigenvalue weighted by Crippen LogP contribution is 2.34. The van der Waals surface area contributed by atoms with Gasteiger partial charge in [-0.25, -0.2) is 9.78 Å². The summed E-state index contributed by atoms with van der Waals surface area (Å²) in [6, 6.07) is 12.6. The van der Waals surface area contributed by atoms with E-state index in [1.165, 1.54) is 6.92 Å². The predicted molar refractivity (Wildman–Crippen MR) is 112 cm³/mol. The van der Waals surface area contributed by atoms with Crippen LogP contribution in [0.4, 0.5) is 0 Å². The lowest BCUT2D eigenvalue weighted by Gasteiger charge is -2.14. The second-order valence-electron chi connectivity index (χ2n) is 6.68. The number of benzene rings is 2. The van der Waals surface area contributed by atoms with Crippen LogP contribution in [0.25, 0.3) is 33.7 Å². The number of ether oxygens (including phenoxy) is 2. The molecule has 1 atom stereocenters. The molecule has 0 radical (unpaired) electrons. The van der Waals surface area contributed by atoms with Crippen LogP contribution in [0.2, 0.25) is 0 Å². The molecular weight excluding hydrogens is 402 g/mol. The van der Waals surface area contributed by atoms with Crippen molar-refractivity contribution < 1.29 is 19.4 Å². The molecule has 0 aliphatic rings. The fourth-order valence-corrected chi connectivity index (χ4v) is 3.06. The third-order valence-corrected chi connectivity index (χ3v) is 4.56. The van der Waals surface area contributed by atoms with Crippen molar-refractivity contribution in [2.75, 3.05) is 6.61 Å². The van der Waals surface area contributed by atoms with E-state index in [0.29, 0.717) is 29.5 Å². The number of aromatic nitrogens is 5. The van der Waals surface area contributed by atoms with Gasteiger partial charge in [0.1, 0.15) is 17.3 Å². The van der Waals surface area contributed by atoms with Gasteiger partial charge in [0.15, 0.2) is 11.6 Å². The summed E-state index contributed by atoms with van der Waals surface area (Å²) >= 11 is 0. The molecular formula is C21H19N5O5. The average Bonchev–Trinajstić information content (AvgIpc) is 3.23. The van der Waals surface area contributed by atoms with Crippen molar-refractivity contribution in [1.29, 1.82) is 0 Å². The number of aliphatic carboxylic acids is 1. The van der Waals surface area contributed by atoms with Crippen molar-refractivity contribution in [2.24, 2.45) is 0 Å². The van der Waals surface area contributed by atoms with Gasteiger partial charge in [-0.3, -0.25) is 4.79 Å². The number of nitrogens with one attached hydrogen (secondary N) is 2. The van der Waals surface area contributed by atoms with E-state index in [-0.39, 0.29) is 11.2 Å². The van der Waals surface area contributed by atoms with E-state index in [4.69, 9.17) is 14.6 Å². The third kappa shape index (κ3) is 4.08. The first-order valence-corrected chi connectivity index (χ1v) is 9.54. The minimum Gasteiger partial charge on any atom is -0.493 e. The smallest absolute Gasteiger partial charge is 0.344 e. The highest BCUT2D eigenvalue weighted by Gasteiger charge is 2.16. The number of hydrogen-bond donors (Lipinski definition) is 3. The summed E-state index contributed by atoms with van der Waals surface area (Å²) in [6.45, 7) is 3.73. The maximum absolute atomic E-state index is 12.3. The van der Waals surface area contributed by atoms with E-state index in [1.807, 2.05) is 25.1 Å². The molecule has 0 saturated heterocycles. The fourth-order valence-electron chi connectivity index (χ4n) is 3.06. The van der Waals surface area contributed by atoms with Crippen LogP contribution in [-0.2, 0) is 4.79 Å². The summed E-state index contributed by atoms with van der Waals surface area (Å²) < 4.78 is 11.3. The molecule has 3 N–H and O–H groups in total. The first-order valence-electron chi connectivity index (χ1n) is 9.54. The zero-order chi connectivity index (χ0) is 22.0. The second-order valence-corrected chi connectivity index (χ2v) is 6.68. The Morgan fingerprint density at radius 1 is 1.16 bits per heavy atom. The van der Waals surface area contributed by atoms with E-state index < -0.39 is 17.6 Å². The second kappa shape index (κ2) is 8.27. The van der Waals surface area contributed by atoms with E-state index in [2.05, 4.69) is 25.4 Å². The number of nitrogens with zero attached hydrogens (tertiary/aromatic N) is 3. The molecule has 4 rings (SSSR count). The maximum Gasteiger partial charge on any atom is 0.344 e. The van der Waals surface area contributed by atoms with Gasteiger partial charge in [0.05, 0.1) is 12.2 Å². The Balaban J connectivity index is 1.74. The zero-order valence-corrected chi connectivity index (χ0v) is 16.7. The molecule has 0 saturated carbocycles. The molecule has 0 aliphatic heterocycles. The lowest BCUT2D eigenvalue weighted by molar-refractivity contribution is -0.144. The molecule has 0 bridgehead atoms. The molecule has 0 aliphatic carbocycles. The lowest BCUT2D eigenvalue weighted by Crippen LogP contribution is -2.22. The van der Waals surface area contributed by atoms with Gasteiger partial charge in [0.2, 0.25) is 5.65 Å². The van der Waals surface area contributed by atoms with E-state index in [0.717, 1.165) is 11.1 Å². The van der Waals surface area contributed by atoms with E-state index in [9.17, 15) is 9.59 Å². The quantitative estimate of drug-likeness (QED) is 0.413. The largest absolute Gasteiger partial charge is 0.493 e. The minimum atomic E-state index is -1.04. The van der Waals surface area contributed by atoms with Crippen LogP contribution in [0, 0.1) is 0 Å². The lowest BCUT2D eigenvalue weighted by atomic mass is 10.0. The van der Waals surface area contributed by atoms with Crippen LogP contribution in [0.15, 0.2) is 47.3 Å². The van der Waals surface area contributed by atoms with Gasteiger partial charge in [0, 0.05) is 0 Å². The highest BCUT2D eigenvalue weighted by atomic mass is 16.5. The Morgan fingerprint density at radius 3 is 2.74 bits per heavy atom. The van der Waals surface area contributed by atoms with Gasteiger partial charge in [-0.1, -0.05) is 18.2 Å². The molecule has 0 fully saturated rings. The van der Waals surface area contributed by atoms with E-state index >= 15 is 0 Å². The summed E-state index contributed by atoms with van der Waals surface area (Å²) in [7, 11) is 0. The Bertz CT molecular complexity index is 1310. The van der Waals surface area contributed by atoms with E-state index in [1.54, 1.807) is 24.3 Å². The van der Waals surface area contributed by atoms with Gasteiger partial charge in [-0.05, 0) is 49.2 Å². The van der Waals surface area contributed by atoms with Crippen LogP contribution in [-0.4, -0.2) is 49.2 Å². The Labute approximate surface area is 175 Å². The minimum absolute atomic E-state index is 0.130. The van der Waals surface area contributed by atoms with Gasteiger partial charge in [-0.15, -0.1) is 10.2 Å². The van der Waals surface area contributed by atoms with Crippen LogP contribution in [0.3, 0.4) is 0 Å². The van der Waals surface area contributed by atoms with Crippen molar-refractivity contribution >= 4 is 17.1 Å². The summed E-state index contributed by atoms with van der Waals surface area (Å²) in [5, 5.41) is 19.1. The maximum atomic E-state index is 12.3. The number of H-pyrrole nitrogens is 2. The number of hydrogen-bond acceptors (Lipinski definition) is 7. The average molecular weight is 421 g/mol. The van der Waals surface area contributed by atoms with Crippen molar-refractivity contribution in [3.8, 4) is 34.0 Å². The van der Waals surface area contributed by atoms with Crippen LogP contribution in [0.1, 0.15) is 13.8 Å². The normalized spacial score (nSPS) is 11.9. The monoisotopic (exact) mass is 421 g/mol. The van der Waals surface area contributed by atoms with Crippen molar-refractivity contribution in [3.05, 3.63) is 52.8 Å². The standard InChI is InChI=1S/C21H19N5O5/c1-3-30-16-10-13(12-5-4-6-14(9-12)31-11(2)21(28)29)7-8-15(16)18-22-19-17(20(27)23-18)24-26-25-19/h4-11H,3H2,1-2H3,(H,28,29)(H2,22,23,24,25,26,27)/t11-/m1/s1. The molecule has 2 aromatic carbocycles. The number of carboxylic acids is 1. The Morgan fingerprint density at radius 2 is 1.97 bits per heavy atom. The molecule has 0 amide bonds. The number of rotatable bonds is 7. The van der Waals surface area contributed by atoms with Crippen LogP contribution >= 0.6 is 0 Å². The van der Waals surface area contributed by atoms with Crippen LogP contribution in [0.5, 0.6) is 11.5 Å². The number of fused-ring (bicyclic) bond motifs is 1. The first kappa shape index (κ1) is 20.1. The highest BCUT2D eigenvalue weighted by molar-refractivity contribution is 5.77. The predicted octanol–water partition coefficient (Wildman–Crippen LogP) is 2.63. The first-order chi connectivity index (χ1) is 15.0. The summed E-state index contributed by atoms with van der Waals surface area (Å²) in [4.78, 5) is 30.4.